The highest BCUT2D eigenvalue weighted by Crippen LogP contribution is 2.19. The number of hydrogen-bond donors (Lipinski definition) is 2. The van der Waals surface area contributed by atoms with Crippen molar-refractivity contribution >= 4 is 21.8 Å². The maximum atomic E-state index is 11.9. The van der Waals surface area contributed by atoms with Gasteiger partial charge in [0.25, 0.3) is 0 Å². The number of rotatable bonds is 3. The van der Waals surface area contributed by atoms with Gasteiger partial charge in [0.15, 0.2) is 0 Å². The molecule has 1 fully saturated rings. The molecule has 1 aliphatic rings. The van der Waals surface area contributed by atoms with E-state index in [2.05, 4.69) is 45.6 Å². The Morgan fingerprint density at radius 2 is 2.28 bits per heavy atom. The fraction of sp³-hybridized carbons (Fsp3) is 0.500. The van der Waals surface area contributed by atoms with E-state index in [1.54, 1.807) is 0 Å². The summed E-state index contributed by atoms with van der Waals surface area (Å²) in [5, 5.41) is 6.37. The molecule has 1 heterocycles. The van der Waals surface area contributed by atoms with Crippen LogP contribution in [0, 0.1) is 0 Å². The Bertz CT molecular complexity index is 422. The molecule has 1 aromatic carbocycles. The van der Waals surface area contributed by atoms with E-state index < -0.39 is 0 Å². The van der Waals surface area contributed by atoms with Crippen molar-refractivity contribution in [2.75, 3.05) is 6.54 Å². The maximum Gasteiger partial charge on any atom is 0.237 e. The Morgan fingerprint density at radius 3 is 3.06 bits per heavy atom. The molecule has 0 radical (unpaired) electrons. The molecule has 18 heavy (non-hydrogen) atoms. The van der Waals surface area contributed by atoms with Gasteiger partial charge in [0, 0.05) is 17.1 Å². The van der Waals surface area contributed by atoms with Gasteiger partial charge < -0.3 is 5.32 Å². The topological polar surface area (TPSA) is 41.1 Å². The number of halogens is 1. The molecule has 98 valence electrons. The van der Waals surface area contributed by atoms with Crippen LogP contribution in [0.2, 0.25) is 0 Å². The Morgan fingerprint density at radius 1 is 1.44 bits per heavy atom. The summed E-state index contributed by atoms with van der Waals surface area (Å²) in [5.41, 5.74) is 1.20. The molecule has 3 nitrogen and oxygen atoms in total. The van der Waals surface area contributed by atoms with E-state index in [0.717, 1.165) is 30.3 Å². The Hall–Kier alpha value is -0.870. The van der Waals surface area contributed by atoms with Crippen molar-refractivity contribution in [2.45, 2.75) is 38.3 Å². The lowest BCUT2D eigenvalue weighted by molar-refractivity contribution is -0.123. The fourth-order valence-corrected chi connectivity index (χ4v) is 2.69. The molecule has 1 unspecified atom stereocenters. The molecular formula is C14H19BrN2O. The first-order chi connectivity index (χ1) is 8.66. The quantitative estimate of drug-likeness (QED) is 0.901. The van der Waals surface area contributed by atoms with Crippen LogP contribution in [-0.4, -0.2) is 18.5 Å². The third kappa shape index (κ3) is 3.56. The van der Waals surface area contributed by atoms with E-state index in [1.807, 2.05) is 12.1 Å². The molecule has 4 heteroatoms. The zero-order chi connectivity index (χ0) is 13.0. The highest BCUT2D eigenvalue weighted by Gasteiger charge is 2.22. The maximum absolute atomic E-state index is 11.9. The van der Waals surface area contributed by atoms with Gasteiger partial charge in [-0.1, -0.05) is 28.1 Å². The highest BCUT2D eigenvalue weighted by atomic mass is 79.9. The number of benzene rings is 1. The first kappa shape index (κ1) is 13.6. The van der Waals surface area contributed by atoms with E-state index in [0.29, 0.717) is 0 Å². The van der Waals surface area contributed by atoms with Gasteiger partial charge >= 0.3 is 0 Å². The normalized spacial score (nSPS) is 22.1. The monoisotopic (exact) mass is 310 g/mol. The smallest absolute Gasteiger partial charge is 0.237 e. The van der Waals surface area contributed by atoms with E-state index >= 15 is 0 Å². The molecule has 0 aromatic heterocycles. The molecule has 0 bridgehead atoms. The van der Waals surface area contributed by atoms with Gasteiger partial charge in [0.2, 0.25) is 5.91 Å². The van der Waals surface area contributed by atoms with Gasteiger partial charge in [-0.25, -0.2) is 0 Å². The van der Waals surface area contributed by atoms with Crippen LogP contribution in [0.25, 0.3) is 0 Å². The Labute approximate surface area is 116 Å². The average Bonchev–Trinajstić information content (AvgIpc) is 2.55. The average molecular weight is 311 g/mol. The highest BCUT2D eigenvalue weighted by molar-refractivity contribution is 9.10. The van der Waals surface area contributed by atoms with Crippen molar-refractivity contribution in [3.8, 4) is 0 Å². The third-order valence-corrected chi connectivity index (χ3v) is 3.83. The van der Waals surface area contributed by atoms with Gasteiger partial charge in [-0.2, -0.15) is 0 Å². The molecule has 1 aliphatic heterocycles. The largest absolute Gasteiger partial charge is 0.355 e. The lowest BCUT2D eigenvalue weighted by Gasteiger charge is -2.21. The molecular weight excluding hydrogens is 292 g/mol. The molecule has 1 saturated heterocycles. The second kappa shape index (κ2) is 6.34. The molecule has 2 atom stereocenters. The minimum Gasteiger partial charge on any atom is -0.355 e. The summed E-state index contributed by atoms with van der Waals surface area (Å²) in [6, 6.07) is 8.31. The third-order valence-electron chi connectivity index (χ3n) is 3.34. The molecule has 0 saturated carbocycles. The van der Waals surface area contributed by atoms with Crippen LogP contribution in [0.1, 0.15) is 37.8 Å². The lowest BCUT2D eigenvalue weighted by Crippen LogP contribution is -2.43. The first-order valence-electron chi connectivity index (χ1n) is 6.46. The van der Waals surface area contributed by atoms with Gasteiger partial charge in [0.05, 0.1) is 6.04 Å². The summed E-state index contributed by atoms with van der Waals surface area (Å²) in [6.45, 7) is 2.90. The van der Waals surface area contributed by atoms with Crippen molar-refractivity contribution in [1.82, 2.24) is 10.6 Å². The molecule has 1 amide bonds. The number of amides is 1. The number of hydrogen-bond acceptors (Lipinski definition) is 2. The standard InChI is InChI=1S/C14H19BrN2O/c1-10(11-5-4-6-12(15)9-11)17-13-7-2-3-8-16-14(13)18/h4-6,9-10,13,17H,2-3,7-8H2,1H3,(H,16,18)/t10-,13?/m0/s1. The lowest BCUT2D eigenvalue weighted by atomic mass is 10.1. The number of nitrogens with one attached hydrogen (secondary N) is 2. The van der Waals surface area contributed by atoms with Gasteiger partial charge in [0.1, 0.15) is 0 Å². The van der Waals surface area contributed by atoms with Crippen LogP contribution in [-0.2, 0) is 4.79 Å². The van der Waals surface area contributed by atoms with Crippen LogP contribution in [0.3, 0.4) is 0 Å². The Balaban J connectivity index is 2.01. The predicted molar refractivity (Wildman–Crippen MR) is 76.3 cm³/mol. The van der Waals surface area contributed by atoms with Crippen LogP contribution >= 0.6 is 15.9 Å². The fourth-order valence-electron chi connectivity index (χ4n) is 2.27. The molecule has 0 spiro atoms. The van der Waals surface area contributed by atoms with Crippen molar-refractivity contribution in [3.05, 3.63) is 34.3 Å². The van der Waals surface area contributed by atoms with Crippen molar-refractivity contribution < 1.29 is 4.79 Å². The van der Waals surface area contributed by atoms with E-state index in [1.165, 1.54) is 5.56 Å². The summed E-state index contributed by atoms with van der Waals surface area (Å²) in [6.07, 6.45) is 3.10. The number of carbonyl (C=O) groups excluding carboxylic acids is 1. The molecule has 2 N–H and O–H groups in total. The predicted octanol–water partition coefficient (Wildman–Crippen LogP) is 2.77. The van der Waals surface area contributed by atoms with E-state index in [-0.39, 0.29) is 18.0 Å². The van der Waals surface area contributed by atoms with Crippen LogP contribution in [0.15, 0.2) is 28.7 Å². The van der Waals surface area contributed by atoms with Crippen LogP contribution in [0.4, 0.5) is 0 Å². The van der Waals surface area contributed by atoms with Crippen molar-refractivity contribution in [3.63, 3.8) is 0 Å². The van der Waals surface area contributed by atoms with Crippen molar-refractivity contribution in [1.29, 1.82) is 0 Å². The van der Waals surface area contributed by atoms with E-state index in [4.69, 9.17) is 0 Å². The summed E-state index contributed by atoms with van der Waals surface area (Å²) in [7, 11) is 0. The second-order valence-electron chi connectivity index (χ2n) is 4.78. The molecule has 0 aliphatic carbocycles. The summed E-state index contributed by atoms with van der Waals surface area (Å²) >= 11 is 3.47. The minimum atomic E-state index is -0.0681. The summed E-state index contributed by atoms with van der Waals surface area (Å²) < 4.78 is 1.07. The zero-order valence-corrected chi connectivity index (χ0v) is 12.2. The first-order valence-corrected chi connectivity index (χ1v) is 7.25. The van der Waals surface area contributed by atoms with Crippen LogP contribution in [0.5, 0.6) is 0 Å². The van der Waals surface area contributed by atoms with Gasteiger partial charge in [-0.3, -0.25) is 10.1 Å². The van der Waals surface area contributed by atoms with E-state index in [9.17, 15) is 4.79 Å². The number of carbonyl (C=O) groups is 1. The molecule has 1 aromatic rings. The SMILES string of the molecule is C[C@H](NC1CCCCNC1=O)c1cccc(Br)c1. The second-order valence-corrected chi connectivity index (χ2v) is 5.70. The van der Waals surface area contributed by atoms with Crippen LogP contribution < -0.4 is 10.6 Å². The minimum absolute atomic E-state index is 0.0681. The Kier molecular flexibility index (Phi) is 4.78. The summed E-state index contributed by atoms with van der Waals surface area (Å²) in [4.78, 5) is 11.9. The van der Waals surface area contributed by atoms with Crippen molar-refractivity contribution in [2.24, 2.45) is 0 Å². The summed E-state index contributed by atoms with van der Waals surface area (Å²) in [5.74, 6) is 0.134. The zero-order valence-electron chi connectivity index (χ0n) is 10.6. The molecule has 2 rings (SSSR count). The van der Waals surface area contributed by atoms with Gasteiger partial charge in [-0.05, 0) is 43.9 Å². The van der Waals surface area contributed by atoms with Gasteiger partial charge in [-0.15, -0.1) is 0 Å².